The van der Waals surface area contributed by atoms with Gasteiger partial charge in [0.1, 0.15) is 11.8 Å². The van der Waals surface area contributed by atoms with Crippen molar-refractivity contribution in [3.8, 4) is 0 Å². The minimum absolute atomic E-state index is 0.105. The van der Waals surface area contributed by atoms with Crippen molar-refractivity contribution in [2.45, 2.75) is 38.1 Å². The van der Waals surface area contributed by atoms with Crippen LogP contribution in [0.5, 0.6) is 0 Å². The summed E-state index contributed by atoms with van der Waals surface area (Å²) in [6.07, 6.45) is 6.60. The van der Waals surface area contributed by atoms with Gasteiger partial charge in [-0.3, -0.25) is 4.79 Å². The zero-order valence-corrected chi connectivity index (χ0v) is 12.5. The number of aryl methyl sites for hydroxylation is 2. The quantitative estimate of drug-likeness (QED) is 0.892. The molecule has 2 N–H and O–H groups in total. The minimum Gasteiger partial charge on any atom is -0.467 e. The van der Waals surface area contributed by atoms with Crippen LogP contribution in [-0.2, 0) is 24.1 Å². The van der Waals surface area contributed by atoms with Crippen molar-refractivity contribution >= 4 is 5.91 Å². The van der Waals surface area contributed by atoms with Crippen molar-refractivity contribution in [3.05, 3.63) is 59.0 Å². The molecule has 2 aromatic rings. The van der Waals surface area contributed by atoms with Crippen molar-refractivity contribution in [3.63, 3.8) is 0 Å². The SMILES string of the molecule is O=C(Cc1ccc2c(c1)CCCC2)NC(CO)c1ccco1. The van der Waals surface area contributed by atoms with Crippen LogP contribution in [0.25, 0.3) is 0 Å². The summed E-state index contributed by atoms with van der Waals surface area (Å²) < 4.78 is 5.24. The van der Waals surface area contributed by atoms with E-state index in [1.807, 2.05) is 6.07 Å². The van der Waals surface area contributed by atoms with Crippen molar-refractivity contribution in [1.29, 1.82) is 0 Å². The van der Waals surface area contributed by atoms with Gasteiger partial charge in [0.05, 0.1) is 19.3 Å². The summed E-state index contributed by atoms with van der Waals surface area (Å²) in [5.74, 6) is 0.465. The average Bonchev–Trinajstić information content (AvgIpc) is 3.07. The van der Waals surface area contributed by atoms with Gasteiger partial charge in [-0.05, 0) is 54.5 Å². The molecule has 1 aliphatic carbocycles. The molecular formula is C18H21NO3. The minimum atomic E-state index is -0.486. The summed E-state index contributed by atoms with van der Waals surface area (Å²) in [5, 5.41) is 12.2. The molecule has 116 valence electrons. The lowest BCUT2D eigenvalue weighted by Crippen LogP contribution is -2.31. The number of nitrogens with one attached hydrogen (secondary N) is 1. The van der Waals surface area contributed by atoms with Gasteiger partial charge in [-0.1, -0.05) is 18.2 Å². The molecule has 1 aromatic carbocycles. The first-order valence-corrected chi connectivity index (χ1v) is 7.80. The summed E-state index contributed by atoms with van der Waals surface area (Å²) >= 11 is 0. The third-order valence-corrected chi connectivity index (χ3v) is 4.18. The highest BCUT2D eigenvalue weighted by molar-refractivity contribution is 5.79. The number of carbonyl (C=O) groups is 1. The highest BCUT2D eigenvalue weighted by Crippen LogP contribution is 2.22. The van der Waals surface area contributed by atoms with Crippen molar-refractivity contribution in [2.75, 3.05) is 6.61 Å². The van der Waals surface area contributed by atoms with Crippen LogP contribution in [0.15, 0.2) is 41.0 Å². The lowest BCUT2D eigenvalue weighted by atomic mass is 9.90. The Morgan fingerprint density at radius 2 is 2.05 bits per heavy atom. The van der Waals surface area contributed by atoms with Crippen LogP contribution in [0, 0.1) is 0 Å². The second-order valence-corrected chi connectivity index (χ2v) is 5.81. The van der Waals surface area contributed by atoms with Crippen LogP contribution in [0.3, 0.4) is 0 Å². The Bertz CT molecular complexity index is 634. The first-order valence-electron chi connectivity index (χ1n) is 7.80. The first-order chi connectivity index (χ1) is 10.8. The Hall–Kier alpha value is -2.07. The van der Waals surface area contributed by atoms with Gasteiger partial charge in [0.25, 0.3) is 0 Å². The average molecular weight is 299 g/mol. The fraction of sp³-hybridized carbons (Fsp3) is 0.389. The van der Waals surface area contributed by atoms with E-state index < -0.39 is 6.04 Å². The van der Waals surface area contributed by atoms with E-state index in [0.29, 0.717) is 12.2 Å². The number of amides is 1. The molecule has 3 rings (SSSR count). The number of carbonyl (C=O) groups excluding carboxylic acids is 1. The van der Waals surface area contributed by atoms with Gasteiger partial charge in [-0.25, -0.2) is 0 Å². The second-order valence-electron chi connectivity index (χ2n) is 5.81. The maximum Gasteiger partial charge on any atom is 0.225 e. The lowest BCUT2D eigenvalue weighted by Gasteiger charge is -2.17. The molecule has 1 atom stereocenters. The van der Waals surface area contributed by atoms with Gasteiger partial charge in [-0.2, -0.15) is 0 Å². The number of aliphatic hydroxyl groups excluding tert-OH is 1. The summed E-state index contributed by atoms with van der Waals surface area (Å²) in [6.45, 7) is -0.177. The topological polar surface area (TPSA) is 62.5 Å². The maximum atomic E-state index is 12.2. The standard InChI is InChI=1S/C18H21NO3/c20-12-16(17-6-3-9-22-17)19-18(21)11-13-7-8-14-4-1-2-5-15(14)10-13/h3,6-10,16,20H,1-2,4-5,11-12H2,(H,19,21). The molecule has 1 aliphatic rings. The number of rotatable bonds is 5. The highest BCUT2D eigenvalue weighted by Gasteiger charge is 2.17. The number of hydrogen-bond acceptors (Lipinski definition) is 3. The third kappa shape index (κ3) is 3.39. The molecule has 1 heterocycles. The molecule has 4 heteroatoms. The number of hydrogen-bond donors (Lipinski definition) is 2. The van der Waals surface area contributed by atoms with Crippen LogP contribution in [0.2, 0.25) is 0 Å². The fourth-order valence-electron chi connectivity index (χ4n) is 3.02. The first kappa shape index (κ1) is 14.9. The van der Waals surface area contributed by atoms with Crippen molar-refractivity contribution in [2.24, 2.45) is 0 Å². The van der Waals surface area contributed by atoms with Crippen LogP contribution >= 0.6 is 0 Å². The van der Waals surface area contributed by atoms with Gasteiger partial charge in [0, 0.05) is 0 Å². The lowest BCUT2D eigenvalue weighted by molar-refractivity contribution is -0.121. The molecule has 0 spiro atoms. The highest BCUT2D eigenvalue weighted by atomic mass is 16.3. The second kappa shape index (κ2) is 6.79. The molecule has 1 amide bonds. The summed E-state index contributed by atoms with van der Waals surface area (Å²) in [5.41, 5.74) is 3.81. The summed E-state index contributed by atoms with van der Waals surface area (Å²) in [7, 11) is 0. The van der Waals surface area contributed by atoms with E-state index in [4.69, 9.17) is 4.42 Å². The van der Waals surface area contributed by atoms with Crippen LogP contribution in [0.1, 0.15) is 41.3 Å². The smallest absolute Gasteiger partial charge is 0.225 e. The Labute approximate surface area is 130 Å². The summed E-state index contributed by atoms with van der Waals surface area (Å²) in [6, 6.07) is 9.33. The summed E-state index contributed by atoms with van der Waals surface area (Å²) in [4.78, 5) is 12.2. The van der Waals surface area contributed by atoms with E-state index in [0.717, 1.165) is 18.4 Å². The molecule has 0 saturated heterocycles. The van der Waals surface area contributed by atoms with Crippen LogP contribution in [0.4, 0.5) is 0 Å². The molecule has 0 saturated carbocycles. The predicted octanol–water partition coefficient (Wildman–Crippen LogP) is 2.55. The van der Waals surface area contributed by atoms with Gasteiger partial charge in [0.2, 0.25) is 5.91 Å². The zero-order chi connectivity index (χ0) is 15.4. The van der Waals surface area contributed by atoms with Gasteiger partial charge < -0.3 is 14.8 Å². The Kier molecular flexibility index (Phi) is 4.59. The number of fused-ring (bicyclic) bond motifs is 1. The zero-order valence-electron chi connectivity index (χ0n) is 12.5. The number of furan rings is 1. The third-order valence-electron chi connectivity index (χ3n) is 4.18. The molecule has 4 nitrogen and oxygen atoms in total. The molecule has 1 unspecified atom stereocenters. The monoisotopic (exact) mass is 299 g/mol. The van der Waals surface area contributed by atoms with E-state index in [2.05, 4.69) is 17.4 Å². The predicted molar refractivity (Wildman–Crippen MR) is 83.5 cm³/mol. The van der Waals surface area contributed by atoms with Gasteiger partial charge >= 0.3 is 0 Å². The molecule has 22 heavy (non-hydrogen) atoms. The Morgan fingerprint density at radius 3 is 2.77 bits per heavy atom. The normalized spacial score (nSPS) is 15.1. The maximum absolute atomic E-state index is 12.2. The van der Waals surface area contributed by atoms with Gasteiger partial charge in [0.15, 0.2) is 0 Å². The molecule has 0 aliphatic heterocycles. The molecule has 0 bridgehead atoms. The van der Waals surface area contributed by atoms with Crippen LogP contribution < -0.4 is 5.32 Å². The van der Waals surface area contributed by atoms with E-state index in [1.54, 1.807) is 12.1 Å². The Morgan fingerprint density at radius 1 is 1.23 bits per heavy atom. The largest absolute Gasteiger partial charge is 0.467 e. The van der Waals surface area contributed by atoms with Crippen molar-refractivity contribution < 1.29 is 14.3 Å². The van der Waals surface area contributed by atoms with E-state index in [1.165, 1.54) is 30.2 Å². The van der Waals surface area contributed by atoms with E-state index >= 15 is 0 Å². The van der Waals surface area contributed by atoms with E-state index in [-0.39, 0.29) is 12.5 Å². The Balaban J connectivity index is 1.64. The molecule has 0 radical (unpaired) electrons. The molecule has 1 aromatic heterocycles. The fourth-order valence-corrected chi connectivity index (χ4v) is 3.02. The number of benzene rings is 1. The van der Waals surface area contributed by atoms with Crippen molar-refractivity contribution in [1.82, 2.24) is 5.32 Å². The van der Waals surface area contributed by atoms with Gasteiger partial charge in [-0.15, -0.1) is 0 Å². The molecule has 0 fully saturated rings. The number of aliphatic hydroxyl groups is 1. The van der Waals surface area contributed by atoms with Crippen LogP contribution in [-0.4, -0.2) is 17.6 Å². The van der Waals surface area contributed by atoms with E-state index in [9.17, 15) is 9.90 Å². The molecular weight excluding hydrogens is 278 g/mol.